The van der Waals surface area contributed by atoms with Crippen LogP contribution in [0.1, 0.15) is 17.0 Å². The van der Waals surface area contributed by atoms with E-state index >= 15 is 0 Å². The third-order valence-corrected chi connectivity index (χ3v) is 4.26. The van der Waals surface area contributed by atoms with Gasteiger partial charge in [0, 0.05) is 19.1 Å². The van der Waals surface area contributed by atoms with Gasteiger partial charge in [-0.15, -0.1) is 10.2 Å². The number of rotatable bonds is 6. The molecule has 0 atom stereocenters. The molecular weight excluding hydrogens is 348 g/mol. The van der Waals surface area contributed by atoms with Crippen LogP contribution < -0.4 is 10.6 Å². The molecule has 2 N–H and O–H groups in total. The summed E-state index contributed by atoms with van der Waals surface area (Å²) in [5, 5.41) is 7.93. The van der Waals surface area contributed by atoms with Crippen LogP contribution in [0.2, 0.25) is 0 Å². The summed E-state index contributed by atoms with van der Waals surface area (Å²) < 4.78 is 10.6. The number of nitrogens with two attached hydrogens (primary N) is 1. The Morgan fingerprint density at radius 3 is 2.81 bits per heavy atom. The first-order valence-corrected chi connectivity index (χ1v) is 8.48. The fourth-order valence-corrected chi connectivity index (χ4v) is 2.91. The second-order valence-corrected chi connectivity index (χ2v) is 6.12. The molecule has 1 aliphatic heterocycles. The van der Waals surface area contributed by atoms with Crippen molar-refractivity contribution in [1.82, 2.24) is 20.2 Å². The van der Waals surface area contributed by atoms with Crippen LogP contribution in [0.25, 0.3) is 11.7 Å². The lowest BCUT2D eigenvalue weighted by Crippen LogP contribution is -2.26. The summed E-state index contributed by atoms with van der Waals surface area (Å²) in [5.74, 6) is 1.45. The van der Waals surface area contributed by atoms with Gasteiger partial charge in [-0.2, -0.15) is 0 Å². The minimum atomic E-state index is -0.0710. The fourth-order valence-electron chi connectivity index (χ4n) is 2.91. The predicted octanol–water partition coefficient (Wildman–Crippen LogP) is 1.39. The summed E-state index contributed by atoms with van der Waals surface area (Å²) in [6.45, 7) is 0.875. The molecule has 1 aliphatic rings. The molecule has 2 aromatic heterocycles. The minimum Gasteiger partial charge on any atom is -0.418 e. The number of benzene rings is 1. The number of hydrogen-bond donors (Lipinski definition) is 1. The minimum absolute atomic E-state index is 0.0710. The first kappa shape index (κ1) is 17.1. The molecular formula is C18H18N6O3. The van der Waals surface area contributed by atoms with Crippen LogP contribution in [0.5, 0.6) is 0 Å². The number of hydrogen-bond acceptors (Lipinski definition) is 8. The lowest BCUT2D eigenvalue weighted by Gasteiger charge is -2.16. The third kappa shape index (κ3) is 3.36. The van der Waals surface area contributed by atoms with Crippen molar-refractivity contribution in [2.24, 2.45) is 0 Å². The maximum absolute atomic E-state index is 12.5. The van der Waals surface area contributed by atoms with E-state index in [1.165, 1.54) is 0 Å². The van der Waals surface area contributed by atoms with Crippen LogP contribution in [0.15, 0.2) is 34.7 Å². The van der Waals surface area contributed by atoms with Crippen molar-refractivity contribution in [2.45, 2.75) is 19.4 Å². The van der Waals surface area contributed by atoms with E-state index < -0.39 is 0 Å². The summed E-state index contributed by atoms with van der Waals surface area (Å²) in [7, 11) is 1.60. The summed E-state index contributed by atoms with van der Waals surface area (Å²) in [6, 6.07) is 9.69. The van der Waals surface area contributed by atoms with Crippen molar-refractivity contribution in [3.63, 3.8) is 0 Å². The molecule has 0 fully saturated rings. The highest BCUT2D eigenvalue weighted by Crippen LogP contribution is 2.33. The molecule has 0 aliphatic carbocycles. The molecule has 0 saturated heterocycles. The van der Waals surface area contributed by atoms with Gasteiger partial charge in [0.05, 0.1) is 19.6 Å². The van der Waals surface area contributed by atoms with Gasteiger partial charge in [-0.05, 0) is 5.56 Å². The van der Waals surface area contributed by atoms with Gasteiger partial charge in [0.15, 0.2) is 0 Å². The van der Waals surface area contributed by atoms with E-state index in [-0.39, 0.29) is 29.9 Å². The van der Waals surface area contributed by atoms with E-state index in [4.69, 9.17) is 14.9 Å². The molecule has 9 heteroatoms. The molecule has 27 heavy (non-hydrogen) atoms. The van der Waals surface area contributed by atoms with Gasteiger partial charge in [0.2, 0.25) is 17.6 Å². The van der Waals surface area contributed by atoms with E-state index in [1.807, 2.05) is 30.3 Å². The molecule has 0 bridgehead atoms. The molecule has 0 spiro atoms. The summed E-state index contributed by atoms with van der Waals surface area (Å²) in [6.07, 6.45) is 0.666. The molecule has 1 aromatic carbocycles. The quantitative estimate of drug-likeness (QED) is 0.695. The number of aromatic nitrogens is 4. The summed E-state index contributed by atoms with van der Waals surface area (Å²) in [4.78, 5) is 22.8. The van der Waals surface area contributed by atoms with Gasteiger partial charge in [-0.1, -0.05) is 30.3 Å². The summed E-state index contributed by atoms with van der Waals surface area (Å²) in [5.41, 5.74) is 7.70. The lowest BCUT2D eigenvalue weighted by molar-refractivity contribution is -0.117. The zero-order chi connectivity index (χ0) is 18.8. The highest BCUT2D eigenvalue weighted by Gasteiger charge is 2.32. The Hall–Kier alpha value is -3.33. The first-order valence-electron chi connectivity index (χ1n) is 8.48. The van der Waals surface area contributed by atoms with Crippen molar-refractivity contribution in [3.05, 3.63) is 47.3 Å². The SMILES string of the molecule is COCCc1nnc(-c2nc(N)c3c(n2)N(Cc2ccccc2)C(=O)C3)o1. The number of nitrogen functional groups attached to an aromatic ring is 1. The topological polar surface area (TPSA) is 120 Å². The number of carbonyl (C=O) groups is 1. The van der Waals surface area contributed by atoms with Crippen molar-refractivity contribution < 1.29 is 13.9 Å². The van der Waals surface area contributed by atoms with Crippen LogP contribution in [-0.2, 0) is 28.9 Å². The average Bonchev–Trinajstić information content (AvgIpc) is 3.27. The summed E-state index contributed by atoms with van der Waals surface area (Å²) >= 11 is 0. The van der Waals surface area contributed by atoms with Crippen molar-refractivity contribution >= 4 is 17.5 Å². The van der Waals surface area contributed by atoms with Gasteiger partial charge >= 0.3 is 0 Å². The van der Waals surface area contributed by atoms with Crippen molar-refractivity contribution in [3.8, 4) is 11.7 Å². The Kier molecular flexibility index (Phi) is 4.51. The number of carbonyl (C=O) groups excluding carboxylic acids is 1. The van der Waals surface area contributed by atoms with Gasteiger partial charge in [-0.25, -0.2) is 9.97 Å². The van der Waals surface area contributed by atoms with Crippen LogP contribution in [-0.4, -0.2) is 39.8 Å². The van der Waals surface area contributed by atoms with Gasteiger partial charge < -0.3 is 14.9 Å². The normalized spacial score (nSPS) is 13.2. The highest BCUT2D eigenvalue weighted by atomic mass is 16.5. The second-order valence-electron chi connectivity index (χ2n) is 6.12. The Bertz CT molecular complexity index is 972. The standard InChI is InChI=1S/C18H18N6O3/c1-26-8-7-13-22-23-18(27-13)16-20-15(19)12-9-14(25)24(17(12)21-16)10-11-5-3-2-4-6-11/h2-6H,7-10H2,1H3,(H2,19,20,21). The third-order valence-electron chi connectivity index (χ3n) is 4.26. The number of anilines is 2. The average molecular weight is 366 g/mol. The molecule has 9 nitrogen and oxygen atoms in total. The molecule has 1 amide bonds. The van der Waals surface area contributed by atoms with Gasteiger partial charge in [-0.3, -0.25) is 9.69 Å². The number of ether oxygens (including phenoxy) is 1. The largest absolute Gasteiger partial charge is 0.418 e. The Morgan fingerprint density at radius 1 is 1.22 bits per heavy atom. The van der Waals surface area contributed by atoms with E-state index in [1.54, 1.807) is 12.0 Å². The predicted molar refractivity (Wildman–Crippen MR) is 96.7 cm³/mol. The Balaban J connectivity index is 1.67. The van der Waals surface area contributed by atoms with E-state index in [0.717, 1.165) is 5.56 Å². The maximum Gasteiger partial charge on any atom is 0.285 e. The number of fused-ring (bicyclic) bond motifs is 1. The molecule has 3 aromatic rings. The second kappa shape index (κ2) is 7.12. The van der Waals surface area contributed by atoms with E-state index in [9.17, 15) is 4.79 Å². The monoisotopic (exact) mass is 366 g/mol. The van der Waals surface area contributed by atoms with E-state index in [0.29, 0.717) is 36.8 Å². The molecule has 0 saturated carbocycles. The zero-order valence-electron chi connectivity index (χ0n) is 14.8. The van der Waals surface area contributed by atoms with Gasteiger partial charge in [0.25, 0.3) is 5.89 Å². The van der Waals surface area contributed by atoms with Crippen LogP contribution in [0, 0.1) is 0 Å². The van der Waals surface area contributed by atoms with E-state index in [2.05, 4.69) is 20.2 Å². The lowest BCUT2D eigenvalue weighted by atomic mass is 10.2. The molecule has 0 radical (unpaired) electrons. The van der Waals surface area contributed by atoms with Gasteiger partial charge in [0.1, 0.15) is 11.6 Å². The number of methoxy groups -OCH3 is 1. The maximum atomic E-state index is 12.5. The first-order chi connectivity index (χ1) is 13.2. The molecule has 0 unspecified atom stereocenters. The Labute approximate surface area is 155 Å². The molecule has 3 heterocycles. The smallest absolute Gasteiger partial charge is 0.285 e. The Morgan fingerprint density at radius 2 is 2.04 bits per heavy atom. The fraction of sp³-hybridized carbons (Fsp3) is 0.278. The number of nitrogens with zero attached hydrogens (tertiary/aromatic N) is 5. The van der Waals surface area contributed by atoms with Crippen molar-refractivity contribution in [2.75, 3.05) is 24.4 Å². The van der Waals surface area contributed by atoms with Crippen LogP contribution in [0.3, 0.4) is 0 Å². The zero-order valence-corrected chi connectivity index (χ0v) is 14.8. The molecule has 138 valence electrons. The van der Waals surface area contributed by atoms with Crippen LogP contribution >= 0.6 is 0 Å². The highest BCUT2D eigenvalue weighted by molar-refractivity contribution is 6.01. The van der Waals surface area contributed by atoms with Crippen LogP contribution in [0.4, 0.5) is 11.6 Å². The number of amides is 1. The molecule has 4 rings (SSSR count). The van der Waals surface area contributed by atoms with Crippen molar-refractivity contribution in [1.29, 1.82) is 0 Å².